The van der Waals surface area contributed by atoms with Crippen molar-refractivity contribution in [1.82, 2.24) is 4.57 Å². The molecule has 184 valence electrons. The number of benzene rings is 2. The molecule has 0 aliphatic rings. The van der Waals surface area contributed by atoms with Crippen LogP contribution in [0.3, 0.4) is 0 Å². The third kappa shape index (κ3) is 6.56. The van der Waals surface area contributed by atoms with Crippen LogP contribution in [0.25, 0.3) is 22.0 Å². The molecule has 35 heavy (non-hydrogen) atoms. The number of aromatic nitrogens is 1. The first kappa shape index (κ1) is 26.1. The van der Waals surface area contributed by atoms with Gasteiger partial charge in [0, 0.05) is 43.1 Å². The van der Waals surface area contributed by atoms with Crippen LogP contribution in [0.5, 0.6) is 0 Å². The number of hydrogen-bond donors (Lipinski definition) is 1. The fraction of sp³-hybridized carbons (Fsp3) is 0.367. The summed E-state index contributed by atoms with van der Waals surface area (Å²) in [6.07, 6.45) is 7.06. The van der Waals surface area contributed by atoms with Crippen LogP contribution >= 0.6 is 0 Å². The molecule has 0 amide bonds. The number of carbonyl (C=O) groups is 3. The predicted octanol–water partition coefficient (Wildman–Crippen LogP) is 6.85. The van der Waals surface area contributed by atoms with E-state index in [9.17, 15) is 14.4 Å². The molecule has 1 aromatic heterocycles. The number of aryl methyl sites for hydroxylation is 1. The number of hydrogen-bond acceptors (Lipinski definition) is 4. The van der Waals surface area contributed by atoms with Gasteiger partial charge in [-0.1, -0.05) is 56.7 Å². The highest BCUT2D eigenvalue weighted by molar-refractivity contribution is 6.03. The van der Waals surface area contributed by atoms with Crippen molar-refractivity contribution >= 4 is 28.3 Å². The van der Waals surface area contributed by atoms with Crippen LogP contribution in [0.1, 0.15) is 62.7 Å². The zero-order valence-corrected chi connectivity index (χ0v) is 20.9. The van der Waals surface area contributed by atoms with E-state index in [1.807, 2.05) is 51.4 Å². The molecule has 1 N–H and O–H groups in total. The molecular weight excluding hydrogens is 438 g/mol. The second-order valence-electron chi connectivity index (χ2n) is 9.30. The number of carbonyl (C=O) groups excluding carboxylic acids is 3. The van der Waals surface area contributed by atoms with E-state index in [1.54, 1.807) is 0 Å². The number of fused-ring (bicyclic) bond motifs is 1. The fourth-order valence-corrected chi connectivity index (χ4v) is 4.44. The first-order valence-corrected chi connectivity index (χ1v) is 12.4. The molecule has 5 heteroatoms. The lowest BCUT2D eigenvalue weighted by atomic mass is 9.85. The molecule has 0 aliphatic heterocycles. The molecule has 0 radical (unpaired) electrons. The van der Waals surface area contributed by atoms with E-state index in [4.69, 9.17) is 5.11 Å². The van der Waals surface area contributed by atoms with Crippen LogP contribution in [-0.4, -0.2) is 27.0 Å². The summed E-state index contributed by atoms with van der Waals surface area (Å²) in [4.78, 5) is 38.2. The molecule has 0 saturated carbocycles. The van der Waals surface area contributed by atoms with Gasteiger partial charge in [-0.3, -0.25) is 14.4 Å². The Balaban J connectivity index is 1.66. The molecule has 3 rings (SSSR count). The van der Waals surface area contributed by atoms with Crippen molar-refractivity contribution in [3.05, 3.63) is 72.6 Å². The van der Waals surface area contributed by atoms with Crippen molar-refractivity contribution in [2.24, 2.45) is 18.9 Å². The van der Waals surface area contributed by atoms with Gasteiger partial charge in [0.25, 0.3) is 0 Å². The van der Waals surface area contributed by atoms with Crippen LogP contribution in [0.15, 0.2) is 67.1 Å². The Morgan fingerprint density at radius 2 is 1.69 bits per heavy atom. The van der Waals surface area contributed by atoms with Crippen LogP contribution in [0.2, 0.25) is 0 Å². The topological polar surface area (TPSA) is 76.4 Å². The number of rotatable bonds is 13. The zero-order chi connectivity index (χ0) is 25.4. The maximum atomic E-state index is 13.1. The van der Waals surface area contributed by atoms with Crippen LogP contribution < -0.4 is 0 Å². The summed E-state index contributed by atoms with van der Waals surface area (Å²) >= 11 is 0. The highest BCUT2D eigenvalue weighted by Crippen LogP contribution is 2.27. The first-order valence-electron chi connectivity index (χ1n) is 12.4. The maximum Gasteiger partial charge on any atom is 0.165 e. The van der Waals surface area contributed by atoms with E-state index in [2.05, 4.69) is 28.8 Å². The summed E-state index contributed by atoms with van der Waals surface area (Å²) in [6.45, 7) is 3.86. The fourth-order valence-electron chi connectivity index (χ4n) is 4.44. The van der Waals surface area contributed by atoms with E-state index >= 15 is 0 Å². The molecule has 1 heterocycles. The first-order chi connectivity index (χ1) is 16.8. The maximum absolute atomic E-state index is 13.1. The quantitative estimate of drug-likeness (QED) is 0.167. The zero-order valence-electron chi connectivity index (χ0n) is 20.9. The Morgan fingerprint density at radius 3 is 2.37 bits per heavy atom. The van der Waals surface area contributed by atoms with E-state index in [0.29, 0.717) is 24.8 Å². The largest absolute Gasteiger partial charge is 0.516 e. The number of Topliss-reactive ketones (excluding diaryl/α,β-unsaturated/α-hetero) is 3. The van der Waals surface area contributed by atoms with Crippen LogP contribution in [0, 0.1) is 11.8 Å². The molecule has 0 spiro atoms. The number of nitrogens with zero attached hydrogens (tertiary/aromatic N) is 1. The van der Waals surface area contributed by atoms with E-state index in [0.717, 1.165) is 35.7 Å². The number of ketones is 3. The molecule has 0 fully saturated rings. The second-order valence-corrected chi connectivity index (χ2v) is 9.30. The molecule has 3 aromatic rings. The minimum Gasteiger partial charge on any atom is -0.516 e. The Hall–Kier alpha value is -3.47. The average Bonchev–Trinajstić information content (AvgIpc) is 3.25. The minimum atomic E-state index is -0.720. The van der Waals surface area contributed by atoms with Gasteiger partial charge in [-0.25, -0.2) is 0 Å². The summed E-state index contributed by atoms with van der Waals surface area (Å²) in [7, 11) is 2.02. The smallest absolute Gasteiger partial charge is 0.165 e. The third-order valence-electron chi connectivity index (χ3n) is 6.71. The molecule has 2 atom stereocenters. The van der Waals surface area contributed by atoms with Gasteiger partial charge in [-0.15, -0.1) is 0 Å². The van der Waals surface area contributed by atoms with Gasteiger partial charge in [0.15, 0.2) is 5.78 Å². The summed E-state index contributed by atoms with van der Waals surface area (Å²) < 4.78 is 2.09. The summed E-state index contributed by atoms with van der Waals surface area (Å²) in [5.41, 5.74) is 3.92. The lowest BCUT2D eigenvalue weighted by Crippen LogP contribution is -2.25. The third-order valence-corrected chi connectivity index (χ3v) is 6.71. The number of unbranched alkanes of at least 4 members (excludes halogenated alkanes) is 1. The number of aliphatic hydroxyl groups excluding tert-OH is 1. The highest BCUT2D eigenvalue weighted by atomic mass is 16.2. The van der Waals surface area contributed by atoms with Gasteiger partial charge in [0.05, 0.1) is 12.2 Å². The minimum absolute atomic E-state index is 0.0110. The van der Waals surface area contributed by atoms with E-state index < -0.39 is 5.92 Å². The molecular formula is C30H35NO4. The van der Waals surface area contributed by atoms with Crippen LogP contribution in [0.4, 0.5) is 0 Å². The van der Waals surface area contributed by atoms with Crippen molar-refractivity contribution in [2.75, 3.05) is 0 Å². The van der Waals surface area contributed by atoms with Crippen molar-refractivity contribution in [2.45, 2.75) is 52.4 Å². The van der Waals surface area contributed by atoms with Crippen molar-refractivity contribution in [3.63, 3.8) is 0 Å². The van der Waals surface area contributed by atoms with Crippen molar-refractivity contribution in [3.8, 4) is 11.1 Å². The van der Waals surface area contributed by atoms with Gasteiger partial charge < -0.3 is 9.67 Å². The van der Waals surface area contributed by atoms with Gasteiger partial charge in [0.1, 0.15) is 11.6 Å². The normalized spacial score (nSPS) is 13.2. The molecule has 5 nitrogen and oxygen atoms in total. The molecule has 2 unspecified atom stereocenters. The van der Waals surface area contributed by atoms with E-state index in [1.165, 1.54) is 11.5 Å². The monoisotopic (exact) mass is 473 g/mol. The average molecular weight is 474 g/mol. The summed E-state index contributed by atoms with van der Waals surface area (Å²) in [5.74, 6) is -1.28. The van der Waals surface area contributed by atoms with E-state index in [-0.39, 0.29) is 29.7 Å². The lowest BCUT2D eigenvalue weighted by molar-refractivity contribution is -0.132. The molecule has 0 bridgehead atoms. The lowest BCUT2D eigenvalue weighted by Gasteiger charge is -2.17. The predicted molar refractivity (Wildman–Crippen MR) is 140 cm³/mol. The van der Waals surface area contributed by atoms with Gasteiger partial charge in [0.2, 0.25) is 0 Å². The Bertz CT molecular complexity index is 1200. The molecule has 0 aliphatic carbocycles. The number of aliphatic hydroxyl groups is 1. The van der Waals surface area contributed by atoms with Crippen molar-refractivity contribution in [1.29, 1.82) is 0 Å². The Kier molecular flexibility index (Phi) is 9.18. The number of allylic oxidation sites excluding steroid dienone is 1. The Labute approximate surface area is 207 Å². The highest BCUT2D eigenvalue weighted by Gasteiger charge is 2.26. The van der Waals surface area contributed by atoms with Gasteiger partial charge in [-0.05, 0) is 54.0 Å². The van der Waals surface area contributed by atoms with Crippen LogP contribution in [-0.2, 0) is 16.6 Å². The Morgan fingerprint density at radius 1 is 0.971 bits per heavy atom. The summed E-state index contributed by atoms with van der Waals surface area (Å²) in [6, 6.07) is 16.0. The van der Waals surface area contributed by atoms with Crippen molar-refractivity contribution < 1.29 is 19.5 Å². The summed E-state index contributed by atoms with van der Waals surface area (Å²) in [5, 5.41) is 10.1. The molecule has 2 aromatic carbocycles. The molecule has 0 saturated heterocycles. The van der Waals surface area contributed by atoms with Gasteiger partial charge in [-0.2, -0.15) is 0 Å². The standard InChI is InChI=1S/C30H35NO4/c1-4-5-7-28(33)26(29(34)8-6-19-32)16-9-21(2)30(35)24-13-10-22(11-14-24)25-15-12-23-17-18-31(3)27(23)20-25/h6,10-15,17-21,26,32H,4-5,7-9,16H2,1-3H3/b19-6+. The SMILES string of the molecule is CCCCC(=O)C(CCC(C)C(=O)c1ccc(-c2ccc3ccn(C)c3c2)cc1)C(=O)C/C=C/O. The second kappa shape index (κ2) is 12.3. The van der Waals surface area contributed by atoms with Gasteiger partial charge >= 0.3 is 0 Å².